The van der Waals surface area contributed by atoms with Gasteiger partial charge in [0.25, 0.3) is 10.0 Å². The molecule has 0 aliphatic heterocycles. The molecule has 0 radical (unpaired) electrons. The SMILES string of the molecule is CN(c1ccccc1)S(=O)(=O)c1ccc(-c2ncc(-c3ccccc3)o2)cc1. The van der Waals surface area contributed by atoms with E-state index < -0.39 is 10.0 Å². The first-order chi connectivity index (χ1) is 13.6. The molecule has 0 bridgehead atoms. The second-order valence-electron chi connectivity index (χ2n) is 6.23. The van der Waals surface area contributed by atoms with Crippen molar-refractivity contribution in [1.29, 1.82) is 0 Å². The molecule has 0 aliphatic rings. The number of oxazole rings is 1. The fourth-order valence-corrected chi connectivity index (χ4v) is 4.04. The number of aromatic nitrogens is 1. The van der Waals surface area contributed by atoms with Crippen molar-refractivity contribution in [3.05, 3.63) is 91.1 Å². The Morgan fingerprint density at radius 2 is 1.39 bits per heavy atom. The molecule has 4 aromatic rings. The third kappa shape index (κ3) is 3.42. The third-order valence-electron chi connectivity index (χ3n) is 4.44. The van der Waals surface area contributed by atoms with Crippen LogP contribution in [0.2, 0.25) is 0 Å². The standard InChI is InChI=1S/C22H18N2O3S/c1-24(19-10-6-3-7-11-19)28(25,26)20-14-12-18(13-15-20)22-23-16-21(27-22)17-8-4-2-5-9-17/h2-16H,1H3. The Morgan fingerprint density at radius 1 is 0.786 bits per heavy atom. The van der Waals surface area contributed by atoms with Crippen LogP contribution in [0, 0.1) is 0 Å². The molecule has 0 saturated carbocycles. The maximum Gasteiger partial charge on any atom is 0.264 e. The first kappa shape index (κ1) is 18.0. The summed E-state index contributed by atoms with van der Waals surface area (Å²) in [5.74, 6) is 1.11. The number of nitrogens with zero attached hydrogens (tertiary/aromatic N) is 2. The molecule has 140 valence electrons. The topological polar surface area (TPSA) is 63.4 Å². The lowest BCUT2D eigenvalue weighted by Crippen LogP contribution is -2.26. The van der Waals surface area contributed by atoms with Gasteiger partial charge in [0.2, 0.25) is 5.89 Å². The van der Waals surface area contributed by atoms with Crippen LogP contribution in [0.1, 0.15) is 0 Å². The number of sulfonamides is 1. The molecule has 0 fully saturated rings. The third-order valence-corrected chi connectivity index (χ3v) is 6.24. The normalized spacial score (nSPS) is 11.3. The summed E-state index contributed by atoms with van der Waals surface area (Å²) in [6.45, 7) is 0. The summed E-state index contributed by atoms with van der Waals surface area (Å²) in [7, 11) is -2.11. The monoisotopic (exact) mass is 390 g/mol. The minimum Gasteiger partial charge on any atom is -0.436 e. The molecular formula is C22H18N2O3S. The molecule has 0 unspecified atom stereocenters. The molecule has 4 rings (SSSR count). The molecule has 0 saturated heterocycles. The van der Waals surface area contributed by atoms with Gasteiger partial charge in [-0.15, -0.1) is 0 Å². The predicted octanol–water partition coefficient (Wildman–Crippen LogP) is 4.83. The fraction of sp³-hybridized carbons (Fsp3) is 0.0455. The average molecular weight is 390 g/mol. The van der Waals surface area contributed by atoms with E-state index in [2.05, 4.69) is 4.98 Å². The van der Waals surface area contributed by atoms with Crippen LogP contribution in [-0.4, -0.2) is 20.4 Å². The maximum absolute atomic E-state index is 12.9. The van der Waals surface area contributed by atoms with Crippen LogP contribution in [0.3, 0.4) is 0 Å². The largest absolute Gasteiger partial charge is 0.436 e. The van der Waals surface area contributed by atoms with Crippen LogP contribution < -0.4 is 4.31 Å². The van der Waals surface area contributed by atoms with Crippen LogP contribution >= 0.6 is 0 Å². The highest BCUT2D eigenvalue weighted by Crippen LogP contribution is 2.28. The Kier molecular flexibility index (Phi) is 4.71. The van der Waals surface area contributed by atoms with Crippen molar-refractivity contribution in [1.82, 2.24) is 4.98 Å². The van der Waals surface area contributed by atoms with E-state index in [0.29, 0.717) is 22.9 Å². The van der Waals surface area contributed by atoms with Crippen molar-refractivity contribution >= 4 is 15.7 Å². The highest BCUT2D eigenvalue weighted by atomic mass is 32.2. The first-order valence-corrected chi connectivity index (χ1v) is 10.2. The van der Waals surface area contributed by atoms with Crippen molar-refractivity contribution < 1.29 is 12.8 Å². The van der Waals surface area contributed by atoms with Crippen molar-refractivity contribution in [3.63, 3.8) is 0 Å². The zero-order valence-electron chi connectivity index (χ0n) is 15.2. The molecule has 1 heterocycles. The molecule has 3 aromatic carbocycles. The van der Waals surface area contributed by atoms with Gasteiger partial charge in [0.05, 0.1) is 16.8 Å². The minimum atomic E-state index is -3.65. The number of rotatable bonds is 5. The van der Waals surface area contributed by atoms with Crippen molar-refractivity contribution in [2.24, 2.45) is 0 Å². The van der Waals surface area contributed by atoms with E-state index in [9.17, 15) is 8.42 Å². The molecule has 1 aromatic heterocycles. The van der Waals surface area contributed by atoms with Crippen molar-refractivity contribution in [2.45, 2.75) is 4.90 Å². The summed E-state index contributed by atoms with van der Waals surface area (Å²) >= 11 is 0. The van der Waals surface area contributed by atoms with Gasteiger partial charge in [0.1, 0.15) is 0 Å². The summed E-state index contributed by atoms with van der Waals surface area (Å²) in [4.78, 5) is 4.52. The quantitative estimate of drug-likeness (QED) is 0.489. The van der Waals surface area contributed by atoms with E-state index in [1.165, 1.54) is 4.31 Å². The molecule has 28 heavy (non-hydrogen) atoms. The molecule has 0 amide bonds. The molecule has 0 aliphatic carbocycles. The molecule has 6 heteroatoms. The van der Waals surface area contributed by atoms with Gasteiger partial charge in [0.15, 0.2) is 5.76 Å². The van der Waals surface area contributed by atoms with Crippen LogP contribution in [-0.2, 0) is 10.0 Å². The number of benzene rings is 3. The zero-order valence-corrected chi connectivity index (χ0v) is 16.0. The summed E-state index contributed by atoms with van der Waals surface area (Å²) in [6, 6.07) is 25.2. The highest BCUT2D eigenvalue weighted by molar-refractivity contribution is 7.92. The number of para-hydroxylation sites is 1. The first-order valence-electron chi connectivity index (χ1n) is 8.71. The average Bonchev–Trinajstić information content (AvgIpc) is 3.25. The lowest BCUT2D eigenvalue weighted by molar-refractivity contribution is 0.588. The molecule has 0 atom stereocenters. The Balaban J connectivity index is 1.60. The van der Waals surface area contributed by atoms with Gasteiger partial charge < -0.3 is 4.42 Å². The molecular weight excluding hydrogens is 372 g/mol. The van der Waals surface area contributed by atoms with Gasteiger partial charge >= 0.3 is 0 Å². The lowest BCUT2D eigenvalue weighted by Gasteiger charge is -2.19. The van der Waals surface area contributed by atoms with Gasteiger partial charge in [-0.2, -0.15) is 0 Å². The van der Waals surface area contributed by atoms with Gasteiger partial charge in [-0.3, -0.25) is 4.31 Å². The van der Waals surface area contributed by atoms with E-state index in [4.69, 9.17) is 4.42 Å². The fourth-order valence-electron chi connectivity index (χ4n) is 2.85. The molecule has 5 nitrogen and oxygen atoms in total. The number of hydrogen-bond acceptors (Lipinski definition) is 4. The van der Waals surface area contributed by atoms with Crippen molar-refractivity contribution in [2.75, 3.05) is 11.4 Å². The van der Waals surface area contributed by atoms with E-state index in [1.807, 2.05) is 36.4 Å². The van der Waals surface area contributed by atoms with Crippen LogP contribution in [0.25, 0.3) is 22.8 Å². The van der Waals surface area contributed by atoms with Crippen LogP contribution in [0.15, 0.2) is 100 Å². The number of hydrogen-bond donors (Lipinski definition) is 0. The van der Waals surface area contributed by atoms with Gasteiger partial charge in [-0.05, 0) is 36.4 Å². The Labute approximate surface area is 164 Å². The molecule has 0 N–H and O–H groups in total. The second-order valence-corrected chi connectivity index (χ2v) is 8.20. The zero-order chi connectivity index (χ0) is 19.6. The maximum atomic E-state index is 12.9. The lowest BCUT2D eigenvalue weighted by atomic mass is 10.2. The second kappa shape index (κ2) is 7.32. The number of anilines is 1. The summed E-state index contributed by atoms with van der Waals surface area (Å²) in [5, 5.41) is 0. The van der Waals surface area contributed by atoms with Crippen LogP contribution in [0.5, 0.6) is 0 Å². The van der Waals surface area contributed by atoms with Gasteiger partial charge in [-0.1, -0.05) is 48.5 Å². The van der Waals surface area contributed by atoms with Gasteiger partial charge in [0, 0.05) is 18.2 Å². The van der Waals surface area contributed by atoms with E-state index >= 15 is 0 Å². The Bertz CT molecular complexity index is 1170. The summed E-state index contributed by atoms with van der Waals surface area (Å²) in [5.41, 5.74) is 2.25. The van der Waals surface area contributed by atoms with Crippen LogP contribution in [0.4, 0.5) is 5.69 Å². The Hall–Kier alpha value is -3.38. The Morgan fingerprint density at radius 3 is 2.04 bits per heavy atom. The summed E-state index contributed by atoms with van der Waals surface area (Å²) in [6.07, 6.45) is 1.67. The van der Waals surface area contributed by atoms with Gasteiger partial charge in [-0.25, -0.2) is 13.4 Å². The van der Waals surface area contributed by atoms with E-state index in [-0.39, 0.29) is 4.90 Å². The summed E-state index contributed by atoms with van der Waals surface area (Å²) < 4.78 is 32.8. The predicted molar refractivity (Wildman–Crippen MR) is 109 cm³/mol. The van der Waals surface area contributed by atoms with Crippen molar-refractivity contribution in [3.8, 4) is 22.8 Å². The smallest absolute Gasteiger partial charge is 0.264 e. The highest BCUT2D eigenvalue weighted by Gasteiger charge is 2.21. The van der Waals surface area contributed by atoms with E-state index in [1.54, 1.807) is 61.8 Å². The minimum absolute atomic E-state index is 0.206. The van der Waals surface area contributed by atoms with E-state index in [0.717, 1.165) is 5.56 Å². The molecule has 0 spiro atoms.